The molecule has 0 aliphatic carbocycles. The number of carbonyl (C=O) groups is 2. The number of nitrogens with one attached hydrogen (secondary N) is 2. The normalized spacial score (nSPS) is 11.8. The van der Waals surface area contributed by atoms with Crippen molar-refractivity contribution >= 4 is 11.8 Å². The highest BCUT2D eigenvalue weighted by Crippen LogP contribution is 2.09. The van der Waals surface area contributed by atoms with Gasteiger partial charge in [0.25, 0.3) is 0 Å². The van der Waals surface area contributed by atoms with E-state index in [1.165, 1.54) is 19.1 Å². The van der Waals surface area contributed by atoms with Crippen LogP contribution in [0, 0.1) is 11.7 Å². The lowest BCUT2D eigenvalue weighted by Gasteiger charge is -2.12. The molecule has 1 rings (SSSR count). The van der Waals surface area contributed by atoms with Crippen molar-refractivity contribution < 1.29 is 14.0 Å². The van der Waals surface area contributed by atoms with Gasteiger partial charge in [-0.05, 0) is 30.5 Å². The third-order valence-electron chi connectivity index (χ3n) is 2.93. The summed E-state index contributed by atoms with van der Waals surface area (Å²) in [4.78, 5) is 22.5. The van der Waals surface area contributed by atoms with Gasteiger partial charge in [0.15, 0.2) is 0 Å². The number of hydrogen-bond acceptors (Lipinski definition) is 2. The zero-order valence-corrected chi connectivity index (χ0v) is 11.9. The van der Waals surface area contributed by atoms with Crippen LogP contribution in [0.1, 0.15) is 25.8 Å². The summed E-state index contributed by atoms with van der Waals surface area (Å²) >= 11 is 0. The van der Waals surface area contributed by atoms with Gasteiger partial charge in [-0.25, -0.2) is 4.39 Å². The number of rotatable bonds is 7. The van der Waals surface area contributed by atoms with Crippen molar-refractivity contribution in [2.75, 3.05) is 13.1 Å². The minimum atomic E-state index is -0.274. The van der Waals surface area contributed by atoms with Crippen molar-refractivity contribution in [1.29, 1.82) is 0 Å². The maximum absolute atomic E-state index is 12.8. The molecule has 1 aromatic rings. The third kappa shape index (κ3) is 6.31. The molecule has 0 saturated heterocycles. The molecule has 4 nitrogen and oxygen atoms in total. The largest absolute Gasteiger partial charge is 0.356 e. The molecule has 0 saturated carbocycles. The predicted octanol–water partition coefficient (Wildman–Crippen LogP) is 1.65. The maximum atomic E-state index is 12.8. The molecule has 0 radical (unpaired) electrons. The summed E-state index contributed by atoms with van der Waals surface area (Å²) in [6, 6.07) is 6.17. The second-order valence-electron chi connectivity index (χ2n) is 4.86. The first-order chi connectivity index (χ1) is 9.49. The highest BCUT2D eigenvalue weighted by molar-refractivity contribution is 5.78. The van der Waals surface area contributed by atoms with Crippen LogP contribution in [0.15, 0.2) is 24.3 Å². The highest BCUT2D eigenvalue weighted by atomic mass is 19.1. The summed E-state index contributed by atoms with van der Waals surface area (Å²) in [5.74, 6) is -0.539. The van der Waals surface area contributed by atoms with Crippen LogP contribution in [0.3, 0.4) is 0 Å². The van der Waals surface area contributed by atoms with Gasteiger partial charge < -0.3 is 10.6 Å². The van der Waals surface area contributed by atoms with Crippen LogP contribution in [0.25, 0.3) is 0 Å². The van der Waals surface area contributed by atoms with Crippen LogP contribution >= 0.6 is 0 Å². The Balaban J connectivity index is 2.25. The van der Waals surface area contributed by atoms with Crippen LogP contribution in [0.5, 0.6) is 0 Å². The Morgan fingerprint density at radius 1 is 1.15 bits per heavy atom. The van der Waals surface area contributed by atoms with Gasteiger partial charge in [-0.2, -0.15) is 0 Å². The summed E-state index contributed by atoms with van der Waals surface area (Å²) < 4.78 is 12.8. The fourth-order valence-electron chi connectivity index (χ4n) is 1.81. The number of hydrogen-bond donors (Lipinski definition) is 2. The molecular formula is C15H21FN2O2. The highest BCUT2D eigenvalue weighted by Gasteiger charge is 2.12. The Labute approximate surface area is 118 Å². The molecule has 1 aromatic carbocycles. The molecule has 0 aliphatic heterocycles. The molecule has 2 N–H and O–H groups in total. The van der Waals surface area contributed by atoms with E-state index in [1.807, 2.05) is 6.92 Å². The van der Waals surface area contributed by atoms with Crippen molar-refractivity contribution in [1.82, 2.24) is 10.6 Å². The van der Waals surface area contributed by atoms with E-state index in [9.17, 15) is 14.0 Å². The standard InChI is InChI=1S/C15H21FN2O2/c1-11(10-13-4-6-14(16)7-5-13)15(20)18-9-3-8-17-12(2)19/h4-7,11H,3,8-10H2,1-2H3,(H,17,19)(H,18,20). The Bertz CT molecular complexity index is 446. The van der Waals surface area contributed by atoms with E-state index in [4.69, 9.17) is 0 Å². The summed E-state index contributed by atoms with van der Waals surface area (Å²) in [5, 5.41) is 5.49. The molecule has 20 heavy (non-hydrogen) atoms. The van der Waals surface area contributed by atoms with Crippen molar-refractivity contribution in [3.63, 3.8) is 0 Å². The van der Waals surface area contributed by atoms with Crippen molar-refractivity contribution in [3.05, 3.63) is 35.6 Å². The average molecular weight is 280 g/mol. The lowest BCUT2D eigenvalue weighted by Crippen LogP contribution is -2.33. The lowest BCUT2D eigenvalue weighted by atomic mass is 10.0. The number of benzene rings is 1. The molecule has 0 aromatic heterocycles. The van der Waals surface area contributed by atoms with E-state index in [0.29, 0.717) is 25.9 Å². The Hall–Kier alpha value is -1.91. The SMILES string of the molecule is CC(=O)NCCCNC(=O)C(C)Cc1ccc(F)cc1. The first-order valence-electron chi connectivity index (χ1n) is 6.75. The quantitative estimate of drug-likeness (QED) is 0.746. The fourth-order valence-corrected chi connectivity index (χ4v) is 1.81. The van der Waals surface area contributed by atoms with Gasteiger partial charge in [0.2, 0.25) is 11.8 Å². The summed E-state index contributed by atoms with van der Waals surface area (Å²) in [6.07, 6.45) is 1.28. The fraction of sp³-hybridized carbons (Fsp3) is 0.467. The summed E-state index contributed by atoms with van der Waals surface area (Å²) in [6.45, 7) is 4.39. The summed E-state index contributed by atoms with van der Waals surface area (Å²) in [7, 11) is 0. The molecule has 2 amide bonds. The van der Waals surface area contributed by atoms with E-state index in [2.05, 4.69) is 10.6 Å². The van der Waals surface area contributed by atoms with Crippen LogP contribution in [-0.2, 0) is 16.0 Å². The average Bonchev–Trinajstić information content (AvgIpc) is 2.40. The number of carbonyl (C=O) groups excluding carboxylic acids is 2. The molecular weight excluding hydrogens is 259 g/mol. The second-order valence-corrected chi connectivity index (χ2v) is 4.86. The van der Waals surface area contributed by atoms with Crippen LogP contribution in [0.4, 0.5) is 4.39 Å². The first kappa shape index (κ1) is 16.1. The number of amides is 2. The van der Waals surface area contributed by atoms with Crippen molar-refractivity contribution in [3.8, 4) is 0 Å². The van der Waals surface area contributed by atoms with Gasteiger partial charge in [-0.3, -0.25) is 9.59 Å². The van der Waals surface area contributed by atoms with Gasteiger partial charge in [0.1, 0.15) is 5.82 Å². The van der Waals surface area contributed by atoms with E-state index in [0.717, 1.165) is 5.56 Å². The molecule has 110 valence electrons. The first-order valence-corrected chi connectivity index (χ1v) is 6.75. The maximum Gasteiger partial charge on any atom is 0.223 e. The van der Waals surface area contributed by atoms with E-state index >= 15 is 0 Å². The molecule has 0 heterocycles. The smallest absolute Gasteiger partial charge is 0.223 e. The predicted molar refractivity (Wildman–Crippen MR) is 75.6 cm³/mol. The zero-order valence-electron chi connectivity index (χ0n) is 11.9. The third-order valence-corrected chi connectivity index (χ3v) is 2.93. The van der Waals surface area contributed by atoms with Crippen molar-refractivity contribution in [2.24, 2.45) is 5.92 Å². The minimum absolute atomic E-state index is 0.0304. The molecule has 0 aliphatic rings. The Kier molecular flexibility index (Phi) is 6.70. The van der Waals surface area contributed by atoms with Gasteiger partial charge >= 0.3 is 0 Å². The van der Waals surface area contributed by atoms with Crippen LogP contribution in [-0.4, -0.2) is 24.9 Å². The summed E-state index contributed by atoms with van der Waals surface area (Å²) in [5.41, 5.74) is 0.937. The minimum Gasteiger partial charge on any atom is -0.356 e. The Morgan fingerprint density at radius 3 is 2.35 bits per heavy atom. The molecule has 1 atom stereocenters. The van der Waals surface area contributed by atoms with Crippen LogP contribution in [0.2, 0.25) is 0 Å². The lowest BCUT2D eigenvalue weighted by molar-refractivity contribution is -0.124. The second kappa shape index (κ2) is 8.30. The molecule has 1 unspecified atom stereocenters. The molecule has 5 heteroatoms. The topological polar surface area (TPSA) is 58.2 Å². The van der Waals surface area contributed by atoms with Gasteiger partial charge in [0.05, 0.1) is 0 Å². The van der Waals surface area contributed by atoms with Gasteiger partial charge in [-0.1, -0.05) is 19.1 Å². The molecule has 0 fully saturated rings. The zero-order chi connectivity index (χ0) is 15.0. The van der Waals surface area contributed by atoms with E-state index < -0.39 is 0 Å². The van der Waals surface area contributed by atoms with Gasteiger partial charge in [-0.15, -0.1) is 0 Å². The number of halogens is 1. The van der Waals surface area contributed by atoms with Crippen molar-refractivity contribution in [2.45, 2.75) is 26.7 Å². The van der Waals surface area contributed by atoms with E-state index in [-0.39, 0.29) is 23.5 Å². The monoisotopic (exact) mass is 280 g/mol. The van der Waals surface area contributed by atoms with Crippen LogP contribution < -0.4 is 10.6 Å². The molecule has 0 bridgehead atoms. The van der Waals surface area contributed by atoms with Gasteiger partial charge in [0, 0.05) is 25.9 Å². The Morgan fingerprint density at radius 2 is 1.75 bits per heavy atom. The van der Waals surface area contributed by atoms with E-state index in [1.54, 1.807) is 12.1 Å². The molecule has 0 spiro atoms.